The van der Waals surface area contributed by atoms with Crippen molar-refractivity contribution in [1.29, 1.82) is 0 Å². The summed E-state index contributed by atoms with van der Waals surface area (Å²) >= 11 is 7.46. The minimum absolute atomic E-state index is 0.382. The summed E-state index contributed by atoms with van der Waals surface area (Å²) in [6.07, 6.45) is -0.382. The molecule has 0 saturated carbocycles. The van der Waals surface area contributed by atoms with E-state index in [0.717, 1.165) is 10.8 Å². The molecule has 0 saturated heterocycles. The van der Waals surface area contributed by atoms with Crippen LogP contribution in [0.3, 0.4) is 0 Å². The summed E-state index contributed by atoms with van der Waals surface area (Å²) in [6, 6.07) is 7.75. The Hall–Kier alpha value is -0.220. The van der Waals surface area contributed by atoms with Crippen LogP contribution in [-0.2, 0) is 10.5 Å². The van der Waals surface area contributed by atoms with Crippen molar-refractivity contribution in [2.24, 2.45) is 0 Å². The number of thioether (sulfide) groups is 1. The molecule has 0 aromatic heterocycles. The first-order valence-corrected chi connectivity index (χ1v) is 6.25. The molecule has 0 heterocycles. The monoisotopic (exact) mass is 246 g/mol. The van der Waals surface area contributed by atoms with Crippen molar-refractivity contribution in [3.63, 3.8) is 0 Å². The molecule has 4 heteroatoms. The van der Waals surface area contributed by atoms with Gasteiger partial charge in [0.15, 0.2) is 0 Å². The van der Waals surface area contributed by atoms with Crippen LogP contribution in [0.5, 0.6) is 0 Å². The van der Waals surface area contributed by atoms with E-state index in [0.29, 0.717) is 12.4 Å². The van der Waals surface area contributed by atoms with Gasteiger partial charge >= 0.3 is 0 Å². The van der Waals surface area contributed by atoms with E-state index in [-0.39, 0.29) is 6.10 Å². The fourth-order valence-corrected chi connectivity index (χ4v) is 2.17. The zero-order valence-corrected chi connectivity index (χ0v) is 10.2. The maximum Gasteiger partial charge on any atom is 0.0863 e. The number of hydrogen-bond donors (Lipinski definition) is 1. The molecule has 0 unspecified atom stereocenters. The Labute approximate surface area is 99.6 Å². The van der Waals surface area contributed by atoms with Gasteiger partial charge in [0.25, 0.3) is 0 Å². The van der Waals surface area contributed by atoms with Crippen LogP contribution >= 0.6 is 23.4 Å². The fraction of sp³-hybridized carbons (Fsp3) is 0.455. The van der Waals surface area contributed by atoms with Gasteiger partial charge in [-0.15, -0.1) is 0 Å². The van der Waals surface area contributed by atoms with Gasteiger partial charge in [-0.25, -0.2) is 0 Å². The predicted molar refractivity (Wildman–Crippen MR) is 65.5 cm³/mol. The molecule has 0 radical (unpaired) electrons. The number of ether oxygens (including phenoxy) is 1. The minimum atomic E-state index is -0.382. The van der Waals surface area contributed by atoms with Gasteiger partial charge < -0.3 is 9.84 Å². The molecule has 0 aliphatic heterocycles. The van der Waals surface area contributed by atoms with Crippen molar-refractivity contribution >= 4 is 23.4 Å². The third kappa shape index (κ3) is 5.42. The highest BCUT2D eigenvalue weighted by Gasteiger charge is 2.03. The lowest BCUT2D eigenvalue weighted by Gasteiger charge is -2.08. The van der Waals surface area contributed by atoms with Crippen LogP contribution in [0.1, 0.15) is 5.56 Å². The van der Waals surface area contributed by atoms with Gasteiger partial charge in [-0.2, -0.15) is 11.8 Å². The Morgan fingerprint density at radius 1 is 1.40 bits per heavy atom. The Morgan fingerprint density at radius 2 is 2.07 bits per heavy atom. The quantitative estimate of drug-likeness (QED) is 0.837. The summed E-state index contributed by atoms with van der Waals surface area (Å²) in [5.74, 6) is 1.58. The molecule has 15 heavy (non-hydrogen) atoms. The van der Waals surface area contributed by atoms with Crippen molar-refractivity contribution in [3.05, 3.63) is 34.9 Å². The van der Waals surface area contributed by atoms with Crippen LogP contribution in [-0.4, -0.2) is 30.7 Å². The SMILES string of the molecule is COC[C@H](O)CSCc1ccc(Cl)cc1. The molecule has 0 aliphatic carbocycles. The van der Waals surface area contributed by atoms with E-state index in [1.54, 1.807) is 18.9 Å². The van der Waals surface area contributed by atoms with E-state index in [2.05, 4.69) is 0 Å². The van der Waals surface area contributed by atoms with E-state index in [4.69, 9.17) is 16.3 Å². The second-order valence-corrected chi connectivity index (χ2v) is 4.72. The van der Waals surface area contributed by atoms with Crippen molar-refractivity contribution in [3.8, 4) is 0 Å². The average molecular weight is 247 g/mol. The zero-order chi connectivity index (χ0) is 11.1. The van der Waals surface area contributed by atoms with Gasteiger partial charge in [-0.1, -0.05) is 23.7 Å². The summed E-state index contributed by atoms with van der Waals surface area (Å²) in [5.41, 5.74) is 1.22. The van der Waals surface area contributed by atoms with Crippen molar-refractivity contribution < 1.29 is 9.84 Å². The minimum Gasteiger partial charge on any atom is -0.390 e. The standard InChI is InChI=1S/C11H15ClO2S/c1-14-6-11(13)8-15-7-9-2-4-10(12)5-3-9/h2-5,11,13H,6-8H2,1H3/t11-/m0/s1. The van der Waals surface area contributed by atoms with Crippen molar-refractivity contribution in [2.45, 2.75) is 11.9 Å². The van der Waals surface area contributed by atoms with Gasteiger partial charge in [0.2, 0.25) is 0 Å². The van der Waals surface area contributed by atoms with Crippen LogP contribution in [0.15, 0.2) is 24.3 Å². The second kappa shape index (κ2) is 7.12. The largest absolute Gasteiger partial charge is 0.390 e. The Balaban J connectivity index is 2.22. The Kier molecular flexibility index (Phi) is 6.10. The van der Waals surface area contributed by atoms with Crippen LogP contribution in [0, 0.1) is 0 Å². The maximum atomic E-state index is 9.40. The van der Waals surface area contributed by atoms with E-state index < -0.39 is 0 Å². The van der Waals surface area contributed by atoms with E-state index in [9.17, 15) is 5.11 Å². The lowest BCUT2D eigenvalue weighted by atomic mass is 10.2. The van der Waals surface area contributed by atoms with Crippen molar-refractivity contribution in [2.75, 3.05) is 19.5 Å². The third-order valence-electron chi connectivity index (χ3n) is 1.85. The summed E-state index contributed by atoms with van der Waals surface area (Å²) in [5, 5.41) is 10.2. The number of aliphatic hydroxyl groups excluding tert-OH is 1. The smallest absolute Gasteiger partial charge is 0.0863 e. The topological polar surface area (TPSA) is 29.5 Å². The summed E-state index contributed by atoms with van der Waals surface area (Å²) < 4.78 is 4.84. The molecule has 1 aromatic carbocycles. The average Bonchev–Trinajstić information content (AvgIpc) is 2.21. The summed E-state index contributed by atoms with van der Waals surface area (Å²) in [6.45, 7) is 0.396. The first-order valence-electron chi connectivity index (χ1n) is 4.71. The number of benzene rings is 1. The van der Waals surface area contributed by atoms with Gasteiger partial charge in [0.1, 0.15) is 0 Å². The van der Waals surface area contributed by atoms with Crippen LogP contribution < -0.4 is 0 Å². The lowest BCUT2D eigenvalue weighted by Crippen LogP contribution is -2.16. The lowest BCUT2D eigenvalue weighted by molar-refractivity contribution is 0.0794. The molecular formula is C11H15ClO2S. The molecule has 1 atom stereocenters. The number of rotatable bonds is 6. The molecule has 0 fully saturated rings. The molecule has 1 aromatic rings. The van der Waals surface area contributed by atoms with Crippen molar-refractivity contribution in [1.82, 2.24) is 0 Å². The number of halogens is 1. The Morgan fingerprint density at radius 3 is 2.67 bits per heavy atom. The van der Waals surface area contributed by atoms with Gasteiger partial charge in [0, 0.05) is 23.6 Å². The number of hydrogen-bond acceptors (Lipinski definition) is 3. The molecular weight excluding hydrogens is 232 g/mol. The molecule has 0 spiro atoms. The van der Waals surface area contributed by atoms with E-state index >= 15 is 0 Å². The van der Waals surface area contributed by atoms with E-state index in [1.165, 1.54) is 5.56 Å². The van der Waals surface area contributed by atoms with Crippen LogP contribution in [0.25, 0.3) is 0 Å². The summed E-state index contributed by atoms with van der Waals surface area (Å²) in [7, 11) is 1.59. The molecule has 0 amide bonds. The van der Waals surface area contributed by atoms with Gasteiger partial charge in [0.05, 0.1) is 12.7 Å². The maximum absolute atomic E-state index is 9.40. The van der Waals surface area contributed by atoms with Gasteiger partial charge in [-0.3, -0.25) is 0 Å². The highest BCUT2D eigenvalue weighted by Crippen LogP contribution is 2.16. The first kappa shape index (κ1) is 12.8. The van der Waals surface area contributed by atoms with Gasteiger partial charge in [-0.05, 0) is 17.7 Å². The Bertz CT molecular complexity index is 276. The molecule has 84 valence electrons. The highest BCUT2D eigenvalue weighted by atomic mass is 35.5. The number of methoxy groups -OCH3 is 1. The fourth-order valence-electron chi connectivity index (χ4n) is 1.13. The third-order valence-corrected chi connectivity index (χ3v) is 3.26. The molecule has 1 N–H and O–H groups in total. The second-order valence-electron chi connectivity index (χ2n) is 3.25. The molecule has 0 aliphatic rings. The molecule has 0 bridgehead atoms. The zero-order valence-electron chi connectivity index (χ0n) is 8.65. The summed E-state index contributed by atoms with van der Waals surface area (Å²) in [4.78, 5) is 0. The molecule has 2 nitrogen and oxygen atoms in total. The normalized spacial score (nSPS) is 12.7. The molecule has 1 rings (SSSR count). The van der Waals surface area contributed by atoms with Crippen LogP contribution in [0.4, 0.5) is 0 Å². The predicted octanol–water partition coefficient (Wildman–Crippen LogP) is 2.58. The van der Waals surface area contributed by atoms with Crippen LogP contribution in [0.2, 0.25) is 5.02 Å². The first-order chi connectivity index (χ1) is 7.22. The number of aliphatic hydroxyl groups is 1. The van der Waals surface area contributed by atoms with E-state index in [1.807, 2.05) is 24.3 Å². The highest BCUT2D eigenvalue weighted by molar-refractivity contribution is 7.98.